The minimum Gasteiger partial charge on any atom is -0.388 e. The van der Waals surface area contributed by atoms with Gasteiger partial charge in [-0.05, 0) is 26.0 Å². The van der Waals surface area contributed by atoms with Crippen LogP contribution >= 0.6 is 0 Å². The van der Waals surface area contributed by atoms with E-state index in [1.54, 1.807) is 7.11 Å². The molecule has 1 N–H and O–H groups in total. The molecule has 0 aliphatic rings. The van der Waals surface area contributed by atoms with Crippen molar-refractivity contribution in [1.82, 2.24) is 4.90 Å². The molecule has 17 heavy (non-hydrogen) atoms. The molecule has 0 bridgehead atoms. The van der Waals surface area contributed by atoms with Crippen molar-refractivity contribution in [2.45, 2.75) is 19.4 Å². The van der Waals surface area contributed by atoms with Crippen molar-refractivity contribution in [2.24, 2.45) is 0 Å². The molecule has 3 heteroatoms. The Hall–Kier alpha value is -0.900. The first-order valence-corrected chi connectivity index (χ1v) is 6.05. The van der Waals surface area contributed by atoms with Crippen molar-refractivity contribution in [3.05, 3.63) is 35.4 Å². The normalized spacial score (nSPS) is 13.0. The van der Waals surface area contributed by atoms with Gasteiger partial charge in [0.05, 0.1) is 12.7 Å². The van der Waals surface area contributed by atoms with Crippen LogP contribution in [0.15, 0.2) is 24.3 Å². The van der Waals surface area contributed by atoms with Crippen LogP contribution in [0.4, 0.5) is 0 Å². The SMILES string of the molecule is COCCN(C)CCC(O)c1ccc(C)cc1. The Labute approximate surface area is 104 Å². The molecule has 0 spiro atoms. The molecule has 0 fully saturated rings. The van der Waals surface area contributed by atoms with Crippen LogP contribution in [0.2, 0.25) is 0 Å². The van der Waals surface area contributed by atoms with E-state index >= 15 is 0 Å². The molecule has 96 valence electrons. The highest BCUT2D eigenvalue weighted by Gasteiger charge is 2.08. The Morgan fingerprint density at radius 2 is 1.88 bits per heavy atom. The Balaban J connectivity index is 2.34. The van der Waals surface area contributed by atoms with Crippen molar-refractivity contribution in [1.29, 1.82) is 0 Å². The van der Waals surface area contributed by atoms with Gasteiger partial charge < -0.3 is 14.7 Å². The second-order valence-electron chi connectivity index (χ2n) is 4.51. The van der Waals surface area contributed by atoms with E-state index in [2.05, 4.69) is 11.8 Å². The van der Waals surface area contributed by atoms with E-state index in [0.29, 0.717) is 0 Å². The summed E-state index contributed by atoms with van der Waals surface area (Å²) in [4.78, 5) is 2.17. The average molecular weight is 237 g/mol. The lowest BCUT2D eigenvalue weighted by atomic mass is 10.0. The second kappa shape index (κ2) is 7.43. The minimum atomic E-state index is -0.374. The molecule has 1 aromatic rings. The number of nitrogens with zero attached hydrogens (tertiary/aromatic N) is 1. The summed E-state index contributed by atoms with van der Waals surface area (Å²) in [5, 5.41) is 10.0. The number of hydrogen-bond donors (Lipinski definition) is 1. The molecule has 0 amide bonds. The minimum absolute atomic E-state index is 0.374. The number of aryl methyl sites for hydroxylation is 1. The number of ether oxygens (including phenoxy) is 1. The fourth-order valence-corrected chi connectivity index (χ4v) is 1.66. The topological polar surface area (TPSA) is 32.7 Å². The highest BCUT2D eigenvalue weighted by atomic mass is 16.5. The third-order valence-electron chi connectivity index (χ3n) is 2.92. The monoisotopic (exact) mass is 237 g/mol. The molecule has 1 aromatic carbocycles. The molecule has 0 radical (unpaired) electrons. The van der Waals surface area contributed by atoms with Crippen LogP contribution in [0.25, 0.3) is 0 Å². The molecule has 1 rings (SSSR count). The van der Waals surface area contributed by atoms with Crippen molar-refractivity contribution < 1.29 is 9.84 Å². The third-order valence-corrected chi connectivity index (χ3v) is 2.92. The second-order valence-corrected chi connectivity index (χ2v) is 4.51. The molecular formula is C14H23NO2. The van der Waals surface area contributed by atoms with Gasteiger partial charge in [-0.25, -0.2) is 0 Å². The van der Waals surface area contributed by atoms with Crippen molar-refractivity contribution in [3.63, 3.8) is 0 Å². The predicted octanol–water partition coefficient (Wildman–Crippen LogP) is 2.00. The number of aliphatic hydroxyl groups excluding tert-OH is 1. The van der Waals surface area contributed by atoms with Gasteiger partial charge in [0.2, 0.25) is 0 Å². The third kappa shape index (κ3) is 5.31. The standard InChI is InChI=1S/C14H23NO2/c1-12-4-6-13(7-5-12)14(16)8-9-15(2)10-11-17-3/h4-7,14,16H,8-11H2,1-3H3. The van der Waals surface area contributed by atoms with Crippen LogP contribution in [-0.2, 0) is 4.74 Å². The van der Waals surface area contributed by atoms with Gasteiger partial charge in [0.15, 0.2) is 0 Å². The quantitative estimate of drug-likeness (QED) is 0.787. The van der Waals surface area contributed by atoms with Crippen LogP contribution in [0.3, 0.4) is 0 Å². The van der Waals surface area contributed by atoms with E-state index in [4.69, 9.17) is 4.74 Å². The van der Waals surface area contributed by atoms with E-state index < -0.39 is 0 Å². The number of methoxy groups -OCH3 is 1. The zero-order chi connectivity index (χ0) is 12.7. The van der Waals surface area contributed by atoms with E-state index in [9.17, 15) is 5.11 Å². The summed E-state index contributed by atoms with van der Waals surface area (Å²) in [5.74, 6) is 0. The molecule has 1 unspecified atom stereocenters. The van der Waals surface area contributed by atoms with Crippen LogP contribution < -0.4 is 0 Å². The number of aliphatic hydroxyl groups is 1. The molecule has 0 saturated heterocycles. The Morgan fingerprint density at radius 3 is 2.47 bits per heavy atom. The molecule has 0 aliphatic carbocycles. The summed E-state index contributed by atoms with van der Waals surface area (Å²) >= 11 is 0. The lowest BCUT2D eigenvalue weighted by Gasteiger charge is -2.18. The molecule has 3 nitrogen and oxygen atoms in total. The van der Waals surface area contributed by atoms with Gasteiger partial charge in [0.1, 0.15) is 0 Å². The molecule has 0 aliphatic heterocycles. The summed E-state index contributed by atoms with van der Waals surface area (Å²) in [5.41, 5.74) is 2.22. The van der Waals surface area contributed by atoms with Crippen molar-refractivity contribution >= 4 is 0 Å². The summed E-state index contributed by atoms with van der Waals surface area (Å²) in [6, 6.07) is 8.06. The van der Waals surface area contributed by atoms with Gasteiger partial charge in [-0.15, -0.1) is 0 Å². The fourth-order valence-electron chi connectivity index (χ4n) is 1.66. The summed E-state index contributed by atoms with van der Waals surface area (Å²) < 4.78 is 5.01. The molecular weight excluding hydrogens is 214 g/mol. The van der Waals surface area contributed by atoms with E-state index in [1.165, 1.54) is 5.56 Å². The first kappa shape index (κ1) is 14.2. The Morgan fingerprint density at radius 1 is 1.24 bits per heavy atom. The zero-order valence-electron chi connectivity index (χ0n) is 11.0. The van der Waals surface area contributed by atoms with Gasteiger partial charge in [0, 0.05) is 20.2 Å². The number of likely N-dealkylation sites (N-methyl/N-ethyl adjacent to an activating group) is 1. The molecule has 0 aromatic heterocycles. The van der Waals surface area contributed by atoms with Crippen LogP contribution in [0.5, 0.6) is 0 Å². The zero-order valence-corrected chi connectivity index (χ0v) is 11.0. The number of rotatable bonds is 7. The first-order chi connectivity index (χ1) is 8.13. The van der Waals surface area contributed by atoms with E-state index in [0.717, 1.165) is 31.7 Å². The molecule has 1 atom stereocenters. The molecule has 0 saturated carbocycles. The summed E-state index contributed by atoms with van der Waals surface area (Å²) in [6.45, 7) is 4.56. The highest BCUT2D eigenvalue weighted by Crippen LogP contribution is 2.17. The van der Waals surface area contributed by atoms with Crippen LogP contribution in [0, 0.1) is 6.92 Å². The summed E-state index contributed by atoms with van der Waals surface area (Å²) in [6.07, 6.45) is 0.379. The van der Waals surface area contributed by atoms with E-state index in [1.807, 2.05) is 31.3 Å². The maximum atomic E-state index is 10.0. The Kier molecular flexibility index (Phi) is 6.19. The van der Waals surface area contributed by atoms with Gasteiger partial charge in [-0.1, -0.05) is 29.8 Å². The Bertz CT molecular complexity index is 311. The molecule has 0 heterocycles. The van der Waals surface area contributed by atoms with Crippen molar-refractivity contribution in [2.75, 3.05) is 33.9 Å². The average Bonchev–Trinajstić information content (AvgIpc) is 2.34. The van der Waals surface area contributed by atoms with Crippen molar-refractivity contribution in [3.8, 4) is 0 Å². The number of benzene rings is 1. The van der Waals surface area contributed by atoms with Gasteiger partial charge in [-0.3, -0.25) is 0 Å². The smallest absolute Gasteiger partial charge is 0.0802 e. The van der Waals surface area contributed by atoms with Crippen LogP contribution in [0.1, 0.15) is 23.7 Å². The van der Waals surface area contributed by atoms with Gasteiger partial charge in [-0.2, -0.15) is 0 Å². The van der Waals surface area contributed by atoms with Crippen LogP contribution in [-0.4, -0.2) is 43.9 Å². The van der Waals surface area contributed by atoms with Gasteiger partial charge >= 0.3 is 0 Å². The number of hydrogen-bond acceptors (Lipinski definition) is 3. The maximum Gasteiger partial charge on any atom is 0.0802 e. The maximum absolute atomic E-state index is 10.0. The van der Waals surface area contributed by atoms with Gasteiger partial charge in [0.25, 0.3) is 0 Å². The fraction of sp³-hybridized carbons (Fsp3) is 0.571. The predicted molar refractivity (Wildman–Crippen MR) is 70.1 cm³/mol. The first-order valence-electron chi connectivity index (χ1n) is 6.05. The largest absolute Gasteiger partial charge is 0.388 e. The summed E-state index contributed by atoms with van der Waals surface area (Å²) in [7, 11) is 3.75. The lowest BCUT2D eigenvalue weighted by molar-refractivity contribution is 0.129. The lowest BCUT2D eigenvalue weighted by Crippen LogP contribution is -2.25. The van der Waals surface area contributed by atoms with E-state index in [-0.39, 0.29) is 6.10 Å². The highest BCUT2D eigenvalue weighted by molar-refractivity contribution is 5.22.